The summed E-state index contributed by atoms with van der Waals surface area (Å²) in [5.41, 5.74) is 1.85. The van der Waals surface area contributed by atoms with E-state index in [2.05, 4.69) is 10.4 Å². The van der Waals surface area contributed by atoms with Gasteiger partial charge in [0.05, 0.1) is 18.2 Å². The van der Waals surface area contributed by atoms with Crippen molar-refractivity contribution in [2.75, 3.05) is 6.61 Å². The van der Waals surface area contributed by atoms with Crippen LogP contribution in [-0.4, -0.2) is 41.2 Å². The van der Waals surface area contributed by atoms with Gasteiger partial charge in [0.25, 0.3) is 5.91 Å². The lowest BCUT2D eigenvalue weighted by molar-refractivity contribution is -0.154. The third-order valence-electron chi connectivity index (χ3n) is 6.07. The van der Waals surface area contributed by atoms with E-state index >= 15 is 0 Å². The summed E-state index contributed by atoms with van der Waals surface area (Å²) in [7, 11) is 0. The molecule has 0 spiro atoms. The molecule has 1 N–H and O–H groups in total. The van der Waals surface area contributed by atoms with Crippen molar-refractivity contribution in [2.24, 2.45) is 11.0 Å². The molecular formula is C23H23N3O6. The van der Waals surface area contributed by atoms with E-state index in [1.54, 1.807) is 18.6 Å². The van der Waals surface area contributed by atoms with Crippen LogP contribution in [-0.2, 0) is 19.1 Å². The summed E-state index contributed by atoms with van der Waals surface area (Å²) in [6.45, 7) is -0.455. The summed E-state index contributed by atoms with van der Waals surface area (Å²) >= 11 is 0. The molecule has 3 aliphatic rings. The van der Waals surface area contributed by atoms with Crippen LogP contribution in [0.15, 0.2) is 56.3 Å². The Morgan fingerprint density at radius 1 is 1.19 bits per heavy atom. The zero-order chi connectivity index (χ0) is 22.1. The minimum atomic E-state index is -0.702. The van der Waals surface area contributed by atoms with Crippen molar-refractivity contribution >= 4 is 29.6 Å². The SMILES string of the molecule is O=C1CCC(C(=O)OCC(=O)N2N=C3C(=Cc4ccco4)CCCC3C2c2ccco2)N1. The van der Waals surface area contributed by atoms with E-state index in [0.29, 0.717) is 12.2 Å². The zero-order valence-electron chi connectivity index (χ0n) is 17.4. The van der Waals surface area contributed by atoms with Gasteiger partial charge in [0, 0.05) is 12.3 Å². The lowest BCUT2D eigenvalue weighted by atomic mass is 9.79. The first-order valence-electron chi connectivity index (χ1n) is 10.7. The molecule has 2 fully saturated rings. The lowest BCUT2D eigenvalue weighted by Crippen LogP contribution is -2.38. The van der Waals surface area contributed by atoms with Gasteiger partial charge in [-0.2, -0.15) is 5.10 Å². The maximum atomic E-state index is 13.1. The summed E-state index contributed by atoms with van der Waals surface area (Å²) in [5, 5.41) is 8.59. The first kappa shape index (κ1) is 20.3. The van der Waals surface area contributed by atoms with Crippen molar-refractivity contribution < 1.29 is 28.0 Å². The molecule has 2 aromatic heterocycles. The number of furan rings is 2. The third-order valence-corrected chi connectivity index (χ3v) is 6.07. The van der Waals surface area contributed by atoms with Crippen LogP contribution in [0.2, 0.25) is 0 Å². The maximum absolute atomic E-state index is 13.1. The number of nitrogens with zero attached hydrogens (tertiary/aromatic N) is 2. The summed E-state index contributed by atoms with van der Waals surface area (Å²) < 4.78 is 16.3. The number of hydrogen-bond donors (Lipinski definition) is 1. The molecule has 3 unspecified atom stereocenters. The number of amides is 2. The minimum Gasteiger partial charge on any atom is -0.467 e. The number of allylic oxidation sites excluding steroid dienone is 1. The predicted molar refractivity (Wildman–Crippen MR) is 112 cm³/mol. The Bertz CT molecular complexity index is 1070. The van der Waals surface area contributed by atoms with E-state index < -0.39 is 30.6 Å². The molecule has 2 amide bonds. The van der Waals surface area contributed by atoms with Crippen molar-refractivity contribution in [3.8, 4) is 0 Å². The number of hydrogen-bond acceptors (Lipinski definition) is 7. The van der Waals surface area contributed by atoms with Crippen LogP contribution >= 0.6 is 0 Å². The summed E-state index contributed by atoms with van der Waals surface area (Å²) in [5.74, 6) is 0.0997. The molecular weight excluding hydrogens is 414 g/mol. The Hall–Kier alpha value is -3.62. The van der Waals surface area contributed by atoms with Crippen molar-refractivity contribution in [3.05, 3.63) is 53.9 Å². The van der Waals surface area contributed by atoms with E-state index in [4.69, 9.17) is 13.6 Å². The zero-order valence-corrected chi connectivity index (χ0v) is 17.4. The van der Waals surface area contributed by atoms with Crippen LogP contribution in [0, 0.1) is 5.92 Å². The largest absolute Gasteiger partial charge is 0.467 e. The van der Waals surface area contributed by atoms with Crippen molar-refractivity contribution in [1.82, 2.24) is 10.3 Å². The molecule has 1 saturated heterocycles. The van der Waals surface area contributed by atoms with Gasteiger partial charge in [0.1, 0.15) is 23.6 Å². The molecule has 0 bridgehead atoms. The molecule has 0 radical (unpaired) electrons. The highest BCUT2D eigenvalue weighted by molar-refractivity contribution is 6.08. The van der Waals surface area contributed by atoms with Crippen LogP contribution in [0.1, 0.15) is 49.7 Å². The third kappa shape index (κ3) is 3.86. The molecule has 2 aromatic rings. The molecule has 166 valence electrons. The molecule has 9 nitrogen and oxygen atoms in total. The van der Waals surface area contributed by atoms with Gasteiger partial charge < -0.3 is 18.9 Å². The Morgan fingerprint density at radius 2 is 2.03 bits per heavy atom. The first-order valence-corrected chi connectivity index (χ1v) is 10.7. The fourth-order valence-electron chi connectivity index (χ4n) is 4.58. The monoisotopic (exact) mass is 437 g/mol. The fourth-order valence-corrected chi connectivity index (χ4v) is 4.58. The number of fused-ring (bicyclic) bond motifs is 1. The van der Waals surface area contributed by atoms with Crippen molar-refractivity contribution in [3.63, 3.8) is 0 Å². The Balaban J connectivity index is 1.37. The van der Waals surface area contributed by atoms with E-state index in [0.717, 1.165) is 36.3 Å². The smallest absolute Gasteiger partial charge is 0.329 e. The van der Waals surface area contributed by atoms with Gasteiger partial charge in [0.2, 0.25) is 5.91 Å². The molecule has 1 saturated carbocycles. The van der Waals surface area contributed by atoms with Gasteiger partial charge in [-0.15, -0.1) is 0 Å². The molecule has 3 atom stereocenters. The molecule has 1 aliphatic carbocycles. The number of ether oxygens (including phenoxy) is 1. The second kappa shape index (κ2) is 8.49. The number of carbonyl (C=O) groups is 3. The van der Waals surface area contributed by atoms with E-state index in [-0.39, 0.29) is 18.2 Å². The van der Waals surface area contributed by atoms with Crippen LogP contribution in [0.5, 0.6) is 0 Å². The van der Waals surface area contributed by atoms with E-state index in [9.17, 15) is 14.4 Å². The van der Waals surface area contributed by atoms with Gasteiger partial charge >= 0.3 is 5.97 Å². The summed E-state index contributed by atoms with van der Waals surface area (Å²) in [4.78, 5) is 36.6. The van der Waals surface area contributed by atoms with Gasteiger partial charge in [-0.3, -0.25) is 9.59 Å². The highest BCUT2D eigenvalue weighted by Crippen LogP contribution is 2.44. The predicted octanol–water partition coefficient (Wildman–Crippen LogP) is 2.82. The number of esters is 1. The number of rotatable bonds is 5. The standard InChI is InChI=1S/C23H23N3O6/c27-19-9-8-17(24-19)23(29)32-13-20(28)26-22(18-7-3-11-31-18)16-6-1-4-14(21(16)25-26)12-15-5-2-10-30-15/h2-3,5,7,10-12,16-17,22H,1,4,6,8-9,13H2,(H,24,27). The second-order valence-electron chi connectivity index (χ2n) is 8.13. The summed E-state index contributed by atoms with van der Waals surface area (Å²) in [6, 6.07) is 6.20. The average molecular weight is 437 g/mol. The normalized spacial score (nSPS) is 26.1. The molecule has 4 heterocycles. The lowest BCUT2D eigenvalue weighted by Gasteiger charge is -2.27. The van der Waals surface area contributed by atoms with E-state index in [1.807, 2.05) is 24.3 Å². The number of hydrazone groups is 1. The maximum Gasteiger partial charge on any atom is 0.329 e. The Kier molecular flexibility index (Phi) is 5.38. The van der Waals surface area contributed by atoms with Gasteiger partial charge in [-0.25, -0.2) is 9.80 Å². The molecule has 9 heteroatoms. The Morgan fingerprint density at radius 3 is 2.75 bits per heavy atom. The topological polar surface area (TPSA) is 114 Å². The van der Waals surface area contributed by atoms with Crippen LogP contribution in [0.3, 0.4) is 0 Å². The quantitative estimate of drug-likeness (QED) is 0.720. The van der Waals surface area contributed by atoms with Crippen LogP contribution < -0.4 is 5.32 Å². The molecule has 32 heavy (non-hydrogen) atoms. The molecule has 0 aromatic carbocycles. The number of carbonyl (C=O) groups excluding carboxylic acids is 3. The fraction of sp³-hybridized carbons (Fsp3) is 0.391. The second-order valence-corrected chi connectivity index (χ2v) is 8.13. The summed E-state index contributed by atoms with van der Waals surface area (Å²) in [6.07, 6.45) is 8.44. The first-order chi connectivity index (χ1) is 15.6. The van der Waals surface area contributed by atoms with Gasteiger partial charge in [-0.1, -0.05) is 0 Å². The highest BCUT2D eigenvalue weighted by atomic mass is 16.5. The van der Waals surface area contributed by atoms with E-state index in [1.165, 1.54) is 5.01 Å². The van der Waals surface area contributed by atoms with Crippen molar-refractivity contribution in [2.45, 2.75) is 44.2 Å². The molecule has 2 aliphatic heterocycles. The van der Waals surface area contributed by atoms with Crippen LogP contribution in [0.4, 0.5) is 0 Å². The van der Waals surface area contributed by atoms with Crippen LogP contribution in [0.25, 0.3) is 6.08 Å². The van der Waals surface area contributed by atoms with Crippen molar-refractivity contribution in [1.29, 1.82) is 0 Å². The van der Waals surface area contributed by atoms with Gasteiger partial charge in [-0.05, 0) is 61.6 Å². The molecule has 5 rings (SSSR count). The number of nitrogens with one attached hydrogen (secondary N) is 1. The van der Waals surface area contributed by atoms with Gasteiger partial charge in [0.15, 0.2) is 6.61 Å². The minimum absolute atomic E-state index is 0.0233. The average Bonchev–Trinajstić information content (AvgIpc) is 3.58. The Labute approximate surface area is 184 Å². The highest BCUT2D eigenvalue weighted by Gasteiger charge is 2.45.